The second-order valence-corrected chi connectivity index (χ2v) is 2.19. The van der Waals surface area contributed by atoms with Crippen LogP contribution >= 0.6 is 0 Å². The first-order chi connectivity index (χ1) is 5.15. The molecule has 0 atom stereocenters. The van der Waals surface area contributed by atoms with E-state index in [4.69, 9.17) is 9.84 Å². The molecule has 11 heavy (non-hydrogen) atoms. The van der Waals surface area contributed by atoms with Gasteiger partial charge in [0.15, 0.2) is 5.88 Å². The third kappa shape index (κ3) is 1.34. The molecule has 0 amide bonds. The van der Waals surface area contributed by atoms with Crippen LogP contribution in [-0.4, -0.2) is 22.8 Å². The number of ether oxygens (including phenoxy) is 1. The fourth-order valence-electron chi connectivity index (χ4n) is 0.864. The van der Waals surface area contributed by atoms with Gasteiger partial charge >= 0.3 is 5.97 Å². The van der Waals surface area contributed by atoms with Crippen LogP contribution < -0.4 is 4.74 Å². The second-order valence-electron chi connectivity index (χ2n) is 2.19. The summed E-state index contributed by atoms with van der Waals surface area (Å²) in [4.78, 5) is 10.4. The molecule has 1 rings (SSSR count). The smallest absolute Gasteiger partial charge is 0.337 e. The van der Waals surface area contributed by atoms with Crippen molar-refractivity contribution >= 4 is 5.97 Å². The SMILES string of the molecule is COc1cc(C(=O)O)cn1C. The molecule has 0 saturated carbocycles. The lowest BCUT2D eigenvalue weighted by molar-refractivity contribution is 0.0697. The van der Waals surface area contributed by atoms with Gasteiger partial charge in [0, 0.05) is 19.3 Å². The summed E-state index contributed by atoms with van der Waals surface area (Å²) >= 11 is 0. The fourth-order valence-corrected chi connectivity index (χ4v) is 0.864. The predicted octanol–water partition coefficient (Wildman–Crippen LogP) is 0.732. The average Bonchev–Trinajstić information content (AvgIpc) is 2.31. The normalized spacial score (nSPS) is 9.64. The maximum atomic E-state index is 10.4. The van der Waals surface area contributed by atoms with E-state index in [9.17, 15) is 4.79 Å². The van der Waals surface area contributed by atoms with E-state index in [1.165, 1.54) is 19.4 Å². The molecule has 1 aromatic heterocycles. The number of hydrogen-bond acceptors (Lipinski definition) is 2. The minimum atomic E-state index is -0.941. The number of nitrogens with zero attached hydrogens (tertiary/aromatic N) is 1. The number of aryl methyl sites for hydroxylation is 1. The second kappa shape index (κ2) is 2.65. The van der Waals surface area contributed by atoms with Gasteiger partial charge in [-0.3, -0.25) is 0 Å². The Hall–Kier alpha value is -1.45. The van der Waals surface area contributed by atoms with E-state index in [1.54, 1.807) is 11.6 Å². The molecule has 0 aliphatic heterocycles. The van der Waals surface area contributed by atoms with Crippen LogP contribution in [0, 0.1) is 0 Å². The molecule has 0 fully saturated rings. The highest BCUT2D eigenvalue weighted by molar-refractivity contribution is 5.87. The molecule has 0 aromatic carbocycles. The van der Waals surface area contributed by atoms with Crippen LogP contribution in [0.2, 0.25) is 0 Å². The van der Waals surface area contributed by atoms with Crippen molar-refractivity contribution in [2.45, 2.75) is 0 Å². The summed E-state index contributed by atoms with van der Waals surface area (Å²) in [5.74, 6) is -0.397. The monoisotopic (exact) mass is 155 g/mol. The standard InChI is InChI=1S/C7H9NO3/c1-8-4-5(7(9)10)3-6(8)11-2/h3-4H,1-2H3,(H,9,10). The third-order valence-electron chi connectivity index (χ3n) is 1.42. The molecule has 0 unspecified atom stereocenters. The van der Waals surface area contributed by atoms with Crippen molar-refractivity contribution in [2.24, 2.45) is 7.05 Å². The maximum absolute atomic E-state index is 10.4. The van der Waals surface area contributed by atoms with Crippen LogP contribution in [0.5, 0.6) is 5.88 Å². The van der Waals surface area contributed by atoms with E-state index in [0.29, 0.717) is 5.88 Å². The Morgan fingerprint density at radius 2 is 2.36 bits per heavy atom. The van der Waals surface area contributed by atoms with Gasteiger partial charge in [0.1, 0.15) is 0 Å². The van der Waals surface area contributed by atoms with E-state index >= 15 is 0 Å². The molecule has 0 radical (unpaired) electrons. The van der Waals surface area contributed by atoms with Gasteiger partial charge in [0.05, 0.1) is 12.7 Å². The molecule has 1 aromatic rings. The van der Waals surface area contributed by atoms with E-state index in [-0.39, 0.29) is 5.56 Å². The highest BCUT2D eigenvalue weighted by Gasteiger charge is 2.07. The molecule has 0 aliphatic carbocycles. The molecule has 4 nitrogen and oxygen atoms in total. The molecule has 1 N–H and O–H groups in total. The zero-order chi connectivity index (χ0) is 8.43. The molecular weight excluding hydrogens is 146 g/mol. The first-order valence-electron chi connectivity index (χ1n) is 3.09. The highest BCUT2D eigenvalue weighted by atomic mass is 16.5. The highest BCUT2D eigenvalue weighted by Crippen LogP contribution is 2.13. The summed E-state index contributed by atoms with van der Waals surface area (Å²) in [7, 11) is 3.23. The maximum Gasteiger partial charge on any atom is 0.337 e. The van der Waals surface area contributed by atoms with Crippen LogP contribution in [0.25, 0.3) is 0 Å². The lowest BCUT2D eigenvalue weighted by Gasteiger charge is -1.97. The number of aromatic carboxylic acids is 1. The van der Waals surface area contributed by atoms with Crippen molar-refractivity contribution in [3.63, 3.8) is 0 Å². The Labute approximate surface area is 64.0 Å². The Balaban J connectivity index is 3.05. The van der Waals surface area contributed by atoms with Gasteiger partial charge in [-0.05, 0) is 0 Å². The van der Waals surface area contributed by atoms with Crippen molar-refractivity contribution in [1.29, 1.82) is 0 Å². The lowest BCUT2D eigenvalue weighted by Crippen LogP contribution is -1.92. The lowest BCUT2D eigenvalue weighted by atomic mass is 10.3. The summed E-state index contributed by atoms with van der Waals surface area (Å²) in [5, 5.41) is 8.55. The Morgan fingerprint density at radius 3 is 2.64 bits per heavy atom. The zero-order valence-corrected chi connectivity index (χ0v) is 6.37. The van der Waals surface area contributed by atoms with E-state index in [1.807, 2.05) is 0 Å². The molecule has 1 heterocycles. The molecule has 0 spiro atoms. The van der Waals surface area contributed by atoms with Crippen LogP contribution in [0.4, 0.5) is 0 Å². The summed E-state index contributed by atoms with van der Waals surface area (Å²) in [6, 6.07) is 1.47. The summed E-state index contributed by atoms with van der Waals surface area (Å²) in [5.41, 5.74) is 0.240. The van der Waals surface area contributed by atoms with Crippen LogP contribution in [0.3, 0.4) is 0 Å². The number of carbonyl (C=O) groups is 1. The molecule has 4 heteroatoms. The number of carboxylic acid groups (broad SMARTS) is 1. The van der Waals surface area contributed by atoms with E-state index < -0.39 is 5.97 Å². The summed E-state index contributed by atoms with van der Waals surface area (Å²) < 4.78 is 6.49. The predicted molar refractivity (Wildman–Crippen MR) is 38.9 cm³/mol. The zero-order valence-electron chi connectivity index (χ0n) is 6.37. The first kappa shape index (κ1) is 7.65. The minimum absolute atomic E-state index is 0.240. The van der Waals surface area contributed by atoms with Gasteiger partial charge < -0.3 is 14.4 Å². The van der Waals surface area contributed by atoms with Crippen molar-refractivity contribution in [1.82, 2.24) is 4.57 Å². The van der Waals surface area contributed by atoms with Crippen LogP contribution in [0.15, 0.2) is 12.3 Å². The van der Waals surface area contributed by atoms with Crippen LogP contribution in [0.1, 0.15) is 10.4 Å². The summed E-state index contributed by atoms with van der Waals surface area (Å²) in [6.07, 6.45) is 1.50. The van der Waals surface area contributed by atoms with Crippen LogP contribution in [-0.2, 0) is 7.05 Å². The Bertz CT molecular complexity index is 277. The van der Waals surface area contributed by atoms with Gasteiger partial charge in [-0.1, -0.05) is 0 Å². The van der Waals surface area contributed by atoms with Gasteiger partial charge in [0.2, 0.25) is 0 Å². The quantitative estimate of drug-likeness (QED) is 0.685. The van der Waals surface area contributed by atoms with Gasteiger partial charge in [0.25, 0.3) is 0 Å². The van der Waals surface area contributed by atoms with Gasteiger partial charge in [-0.2, -0.15) is 0 Å². The summed E-state index contributed by atoms with van der Waals surface area (Å²) in [6.45, 7) is 0. The van der Waals surface area contributed by atoms with E-state index in [2.05, 4.69) is 0 Å². The number of methoxy groups -OCH3 is 1. The largest absolute Gasteiger partial charge is 0.482 e. The van der Waals surface area contributed by atoms with E-state index in [0.717, 1.165) is 0 Å². The molecule has 0 bridgehead atoms. The van der Waals surface area contributed by atoms with Crippen molar-refractivity contribution in [3.05, 3.63) is 17.8 Å². The first-order valence-corrected chi connectivity index (χ1v) is 3.09. The Kier molecular flexibility index (Phi) is 1.85. The third-order valence-corrected chi connectivity index (χ3v) is 1.42. The van der Waals surface area contributed by atoms with Gasteiger partial charge in [-0.25, -0.2) is 4.79 Å². The molecule has 60 valence electrons. The average molecular weight is 155 g/mol. The Morgan fingerprint density at radius 1 is 1.73 bits per heavy atom. The molecule has 0 aliphatic rings. The number of aromatic nitrogens is 1. The minimum Gasteiger partial charge on any atom is -0.482 e. The van der Waals surface area contributed by atoms with Crippen molar-refractivity contribution in [3.8, 4) is 5.88 Å². The number of rotatable bonds is 2. The van der Waals surface area contributed by atoms with Gasteiger partial charge in [-0.15, -0.1) is 0 Å². The topological polar surface area (TPSA) is 51.5 Å². The van der Waals surface area contributed by atoms with Crippen molar-refractivity contribution in [2.75, 3.05) is 7.11 Å². The fraction of sp³-hybridized carbons (Fsp3) is 0.286. The number of hydrogen-bond donors (Lipinski definition) is 1. The molecular formula is C7H9NO3. The molecule has 0 saturated heterocycles. The number of carboxylic acids is 1. The van der Waals surface area contributed by atoms with Crippen molar-refractivity contribution < 1.29 is 14.6 Å².